The number of hydrogen-bond donors (Lipinski definition) is 0. The summed E-state index contributed by atoms with van der Waals surface area (Å²) in [5.74, 6) is 0.634. The molecule has 0 fully saturated rings. The number of thiazole rings is 1. The summed E-state index contributed by atoms with van der Waals surface area (Å²) >= 11 is 1.52. The molecule has 0 bridgehead atoms. The van der Waals surface area contributed by atoms with E-state index in [1.807, 2.05) is 12.4 Å². The first kappa shape index (κ1) is 11.2. The first-order valence-corrected chi connectivity index (χ1v) is 5.56. The summed E-state index contributed by atoms with van der Waals surface area (Å²) in [6, 6.07) is 0. The Morgan fingerprint density at radius 3 is 2.71 bits per heavy atom. The largest absolute Gasteiger partial charge is 0.351 e. The van der Waals surface area contributed by atoms with Crippen LogP contribution in [-0.2, 0) is 0 Å². The van der Waals surface area contributed by atoms with Gasteiger partial charge in [0.2, 0.25) is 0 Å². The third kappa shape index (κ3) is 2.80. The molecule has 3 nitrogen and oxygen atoms in total. The number of anilines is 1. The van der Waals surface area contributed by atoms with Gasteiger partial charge >= 0.3 is 0 Å². The maximum Gasteiger partial charge on any atom is 0.185 e. The number of rotatable bonds is 4. The van der Waals surface area contributed by atoms with Gasteiger partial charge in [-0.05, 0) is 5.92 Å². The Labute approximate surface area is 88.8 Å². The van der Waals surface area contributed by atoms with Crippen molar-refractivity contribution in [3.8, 4) is 0 Å². The van der Waals surface area contributed by atoms with Crippen LogP contribution >= 0.6 is 11.3 Å². The minimum atomic E-state index is 0.0328. The minimum Gasteiger partial charge on any atom is -0.351 e. The highest BCUT2D eigenvalue weighted by Crippen LogP contribution is 2.20. The van der Waals surface area contributed by atoms with E-state index < -0.39 is 0 Å². The van der Waals surface area contributed by atoms with Gasteiger partial charge in [-0.25, -0.2) is 4.98 Å². The van der Waals surface area contributed by atoms with Crippen molar-refractivity contribution in [2.24, 2.45) is 5.92 Å². The van der Waals surface area contributed by atoms with Crippen molar-refractivity contribution in [1.82, 2.24) is 4.98 Å². The third-order valence-electron chi connectivity index (χ3n) is 1.82. The second-order valence-corrected chi connectivity index (χ2v) is 4.68. The van der Waals surface area contributed by atoms with Crippen LogP contribution in [0.2, 0.25) is 0 Å². The van der Waals surface area contributed by atoms with E-state index in [1.54, 1.807) is 6.92 Å². The lowest BCUT2D eigenvalue weighted by Gasteiger charge is -2.17. The fourth-order valence-electron chi connectivity index (χ4n) is 1.23. The van der Waals surface area contributed by atoms with E-state index in [0.29, 0.717) is 11.6 Å². The fraction of sp³-hybridized carbons (Fsp3) is 0.600. The molecule has 0 saturated carbocycles. The van der Waals surface area contributed by atoms with Crippen LogP contribution in [0.15, 0.2) is 5.38 Å². The maximum atomic E-state index is 11.0. The zero-order chi connectivity index (χ0) is 10.7. The van der Waals surface area contributed by atoms with E-state index in [1.165, 1.54) is 11.3 Å². The molecule has 78 valence electrons. The van der Waals surface area contributed by atoms with E-state index in [9.17, 15) is 4.79 Å². The molecule has 0 aliphatic heterocycles. The van der Waals surface area contributed by atoms with Gasteiger partial charge in [0.15, 0.2) is 10.9 Å². The lowest BCUT2D eigenvalue weighted by Crippen LogP contribution is -2.22. The van der Waals surface area contributed by atoms with E-state index in [0.717, 1.165) is 11.7 Å². The molecule has 1 aromatic rings. The molecular formula is C10H16N2OS. The zero-order valence-corrected chi connectivity index (χ0v) is 9.89. The minimum absolute atomic E-state index is 0.0328. The average molecular weight is 212 g/mol. The van der Waals surface area contributed by atoms with Crippen LogP contribution in [0.25, 0.3) is 0 Å². The number of carbonyl (C=O) groups is 1. The highest BCUT2D eigenvalue weighted by atomic mass is 32.1. The van der Waals surface area contributed by atoms with Gasteiger partial charge in [-0.15, -0.1) is 11.3 Å². The van der Waals surface area contributed by atoms with Crippen molar-refractivity contribution in [3.63, 3.8) is 0 Å². The van der Waals surface area contributed by atoms with Gasteiger partial charge < -0.3 is 4.90 Å². The van der Waals surface area contributed by atoms with Gasteiger partial charge in [-0.3, -0.25) is 4.79 Å². The summed E-state index contributed by atoms with van der Waals surface area (Å²) < 4.78 is 0. The molecule has 1 heterocycles. The lowest BCUT2D eigenvalue weighted by atomic mass is 10.2. The molecule has 0 spiro atoms. The predicted octanol–water partition coefficient (Wildman–Crippen LogP) is 2.44. The Hall–Kier alpha value is -0.900. The summed E-state index contributed by atoms with van der Waals surface area (Å²) in [4.78, 5) is 17.4. The Kier molecular flexibility index (Phi) is 3.63. The number of hydrogen-bond acceptors (Lipinski definition) is 4. The molecule has 14 heavy (non-hydrogen) atoms. The molecule has 0 aliphatic carbocycles. The number of ketones is 1. The van der Waals surface area contributed by atoms with Crippen LogP contribution in [0.4, 0.5) is 5.13 Å². The van der Waals surface area contributed by atoms with Crippen LogP contribution in [0.3, 0.4) is 0 Å². The van der Waals surface area contributed by atoms with E-state index >= 15 is 0 Å². The molecule has 0 amide bonds. The van der Waals surface area contributed by atoms with E-state index in [-0.39, 0.29) is 5.78 Å². The molecule has 0 aliphatic rings. The summed E-state index contributed by atoms with van der Waals surface area (Å²) in [5, 5.41) is 2.73. The molecule has 0 N–H and O–H groups in total. The molecule has 0 saturated heterocycles. The summed E-state index contributed by atoms with van der Waals surface area (Å²) in [7, 11) is 2.00. The second-order valence-electron chi connectivity index (χ2n) is 3.85. The Bertz CT molecular complexity index is 320. The van der Waals surface area contributed by atoms with Gasteiger partial charge in [0.1, 0.15) is 5.69 Å². The Morgan fingerprint density at radius 2 is 2.29 bits per heavy atom. The molecule has 4 heteroatoms. The van der Waals surface area contributed by atoms with Crippen LogP contribution in [0, 0.1) is 5.92 Å². The van der Waals surface area contributed by atoms with Gasteiger partial charge in [-0.2, -0.15) is 0 Å². The number of aromatic nitrogens is 1. The van der Waals surface area contributed by atoms with Gasteiger partial charge in [-0.1, -0.05) is 13.8 Å². The van der Waals surface area contributed by atoms with Crippen LogP contribution in [-0.4, -0.2) is 24.4 Å². The standard InChI is InChI=1S/C10H16N2OS/c1-7(2)5-12(4)10-11-9(6-14-10)8(3)13/h6-7H,5H2,1-4H3. The normalized spacial score (nSPS) is 10.6. The third-order valence-corrected chi connectivity index (χ3v) is 2.77. The summed E-state index contributed by atoms with van der Waals surface area (Å²) in [6.45, 7) is 6.83. The monoisotopic (exact) mass is 212 g/mol. The second kappa shape index (κ2) is 4.55. The quantitative estimate of drug-likeness (QED) is 0.719. The topological polar surface area (TPSA) is 33.2 Å². The fourth-order valence-corrected chi connectivity index (χ4v) is 2.07. The van der Waals surface area contributed by atoms with Crippen molar-refractivity contribution in [3.05, 3.63) is 11.1 Å². The SMILES string of the molecule is CC(=O)c1csc(N(C)CC(C)C)n1. The Balaban J connectivity index is 2.71. The van der Waals surface area contributed by atoms with Gasteiger partial charge in [0, 0.05) is 25.9 Å². The molecule has 0 atom stereocenters. The molecule has 0 unspecified atom stereocenters. The number of nitrogens with zero attached hydrogens (tertiary/aromatic N) is 2. The molecule has 0 radical (unpaired) electrons. The van der Waals surface area contributed by atoms with Crippen molar-refractivity contribution in [2.45, 2.75) is 20.8 Å². The average Bonchev–Trinajstić information content (AvgIpc) is 2.50. The molecule has 0 aromatic carbocycles. The van der Waals surface area contributed by atoms with Crippen molar-refractivity contribution in [2.75, 3.05) is 18.5 Å². The number of Topliss-reactive ketones (excluding diaryl/α,β-unsaturated/α-hetero) is 1. The van der Waals surface area contributed by atoms with Gasteiger partial charge in [0.05, 0.1) is 0 Å². The Morgan fingerprint density at radius 1 is 1.64 bits per heavy atom. The molecular weight excluding hydrogens is 196 g/mol. The van der Waals surface area contributed by atoms with Crippen molar-refractivity contribution in [1.29, 1.82) is 0 Å². The first-order valence-electron chi connectivity index (χ1n) is 4.68. The van der Waals surface area contributed by atoms with E-state index in [2.05, 4.69) is 23.7 Å². The summed E-state index contributed by atoms with van der Waals surface area (Å²) in [6.07, 6.45) is 0. The van der Waals surface area contributed by atoms with E-state index in [4.69, 9.17) is 0 Å². The molecule has 1 aromatic heterocycles. The van der Waals surface area contributed by atoms with Crippen molar-refractivity contribution >= 4 is 22.3 Å². The lowest BCUT2D eigenvalue weighted by molar-refractivity contribution is 0.101. The number of carbonyl (C=O) groups excluding carboxylic acids is 1. The molecule has 1 rings (SSSR count). The first-order chi connectivity index (χ1) is 6.50. The van der Waals surface area contributed by atoms with Crippen molar-refractivity contribution < 1.29 is 4.79 Å². The van der Waals surface area contributed by atoms with Crippen LogP contribution in [0.5, 0.6) is 0 Å². The highest BCUT2D eigenvalue weighted by molar-refractivity contribution is 7.13. The van der Waals surface area contributed by atoms with Crippen LogP contribution in [0.1, 0.15) is 31.3 Å². The zero-order valence-electron chi connectivity index (χ0n) is 9.07. The summed E-state index contributed by atoms with van der Waals surface area (Å²) in [5.41, 5.74) is 0.570. The maximum absolute atomic E-state index is 11.0. The highest BCUT2D eigenvalue weighted by Gasteiger charge is 2.10. The van der Waals surface area contributed by atoms with Crippen LogP contribution < -0.4 is 4.90 Å². The van der Waals surface area contributed by atoms with Gasteiger partial charge in [0.25, 0.3) is 0 Å². The predicted molar refractivity (Wildman–Crippen MR) is 60.2 cm³/mol. The smallest absolute Gasteiger partial charge is 0.185 e.